The van der Waals surface area contributed by atoms with Gasteiger partial charge in [0, 0.05) is 16.5 Å². The number of hydrogen-bond acceptors (Lipinski definition) is 5. The first-order valence-corrected chi connectivity index (χ1v) is 10.2. The number of carbonyl (C=O) groups is 1. The molecule has 0 aliphatic carbocycles. The van der Waals surface area contributed by atoms with Crippen molar-refractivity contribution in [2.75, 3.05) is 5.32 Å². The summed E-state index contributed by atoms with van der Waals surface area (Å²) in [5, 5.41) is 12.4. The van der Waals surface area contributed by atoms with Crippen LogP contribution in [0.15, 0.2) is 70.5 Å². The van der Waals surface area contributed by atoms with E-state index in [0.29, 0.717) is 27.1 Å². The van der Waals surface area contributed by atoms with Crippen LogP contribution in [0.25, 0.3) is 5.65 Å². The van der Waals surface area contributed by atoms with Crippen molar-refractivity contribution in [3.63, 3.8) is 0 Å². The van der Waals surface area contributed by atoms with Gasteiger partial charge in [0.1, 0.15) is 17.4 Å². The normalized spacial score (nSPS) is 11.0. The maximum atomic E-state index is 13.0. The molecule has 1 amide bonds. The van der Waals surface area contributed by atoms with E-state index in [9.17, 15) is 14.0 Å². The molecule has 0 saturated carbocycles. The number of aromatic nitrogens is 4. The van der Waals surface area contributed by atoms with Crippen LogP contribution in [-0.2, 0) is 17.1 Å². The van der Waals surface area contributed by atoms with Crippen LogP contribution in [0.3, 0.4) is 0 Å². The van der Waals surface area contributed by atoms with Crippen LogP contribution in [0.5, 0.6) is 0 Å². The second-order valence-corrected chi connectivity index (χ2v) is 7.78. The minimum Gasteiger partial charge on any atom is -0.324 e. The Kier molecular flexibility index (Phi) is 5.82. The van der Waals surface area contributed by atoms with Gasteiger partial charge in [0.2, 0.25) is 5.91 Å². The first-order valence-electron chi connectivity index (χ1n) is 8.87. The molecular weight excluding hydrogens is 429 g/mol. The van der Waals surface area contributed by atoms with E-state index >= 15 is 0 Å². The zero-order valence-electron chi connectivity index (χ0n) is 15.5. The fourth-order valence-corrected chi connectivity index (χ4v) is 3.62. The first kappa shape index (κ1) is 20.1. The van der Waals surface area contributed by atoms with E-state index in [-0.39, 0.29) is 6.54 Å². The van der Waals surface area contributed by atoms with Gasteiger partial charge in [0.15, 0.2) is 5.65 Å². The Morgan fingerprint density at radius 3 is 2.50 bits per heavy atom. The van der Waals surface area contributed by atoms with Crippen molar-refractivity contribution in [2.45, 2.75) is 17.3 Å². The Labute approximate surface area is 179 Å². The zero-order chi connectivity index (χ0) is 21.1. The molecule has 4 rings (SSSR count). The van der Waals surface area contributed by atoms with Crippen molar-refractivity contribution in [1.82, 2.24) is 19.4 Å². The number of rotatable bonds is 6. The SMILES string of the molecule is O=C(Cn1nc2ccc(SCc3ccc(Cl)cc3)nn2c1=O)Nc1ccc(F)cc1. The molecule has 2 aromatic carbocycles. The molecule has 0 bridgehead atoms. The van der Waals surface area contributed by atoms with Gasteiger partial charge in [-0.15, -0.1) is 5.10 Å². The summed E-state index contributed by atoms with van der Waals surface area (Å²) < 4.78 is 15.2. The topological polar surface area (TPSA) is 81.3 Å². The summed E-state index contributed by atoms with van der Waals surface area (Å²) in [4.78, 5) is 24.8. The number of amides is 1. The third-order valence-corrected chi connectivity index (χ3v) is 5.38. The van der Waals surface area contributed by atoms with E-state index in [0.717, 1.165) is 14.8 Å². The molecule has 4 aromatic rings. The lowest BCUT2D eigenvalue weighted by Crippen LogP contribution is -2.28. The quantitative estimate of drug-likeness (QED) is 0.460. The number of fused-ring (bicyclic) bond motifs is 1. The minimum absolute atomic E-state index is 0.285. The molecule has 2 heterocycles. The Balaban J connectivity index is 1.46. The summed E-state index contributed by atoms with van der Waals surface area (Å²) in [6, 6.07) is 16.3. The van der Waals surface area contributed by atoms with Crippen LogP contribution >= 0.6 is 23.4 Å². The zero-order valence-corrected chi connectivity index (χ0v) is 17.0. The summed E-state index contributed by atoms with van der Waals surface area (Å²) in [6.07, 6.45) is 0. The van der Waals surface area contributed by atoms with Gasteiger partial charge in [-0.2, -0.15) is 9.61 Å². The molecule has 0 fully saturated rings. The number of nitrogens with one attached hydrogen (secondary N) is 1. The summed E-state index contributed by atoms with van der Waals surface area (Å²) in [7, 11) is 0. The standard InChI is InChI=1S/C20H15ClFN5O2S/c21-14-3-1-13(2-4-14)12-30-19-10-9-17-24-26(20(29)27(17)25-19)11-18(28)23-16-7-5-15(22)6-8-16/h1-10H,11-12H2,(H,23,28). The largest absolute Gasteiger partial charge is 0.367 e. The van der Waals surface area contributed by atoms with Gasteiger partial charge in [0.05, 0.1) is 0 Å². The Bertz CT molecular complexity index is 1260. The monoisotopic (exact) mass is 443 g/mol. The Morgan fingerprint density at radius 2 is 1.77 bits per heavy atom. The molecule has 0 atom stereocenters. The van der Waals surface area contributed by atoms with Crippen LogP contribution in [0, 0.1) is 5.82 Å². The Hall–Kier alpha value is -3.17. The highest BCUT2D eigenvalue weighted by atomic mass is 35.5. The van der Waals surface area contributed by atoms with Crippen molar-refractivity contribution in [3.8, 4) is 0 Å². The third-order valence-electron chi connectivity index (χ3n) is 4.14. The number of nitrogens with zero attached hydrogens (tertiary/aromatic N) is 4. The fraction of sp³-hybridized carbons (Fsp3) is 0.100. The van der Waals surface area contributed by atoms with Gasteiger partial charge < -0.3 is 5.32 Å². The molecule has 0 spiro atoms. The molecular formula is C20H15ClFN5O2S. The maximum Gasteiger partial charge on any atom is 0.367 e. The summed E-state index contributed by atoms with van der Waals surface area (Å²) in [5.74, 6) is -0.191. The first-order chi connectivity index (χ1) is 14.5. The number of halogens is 2. The molecule has 0 aliphatic rings. The molecule has 152 valence electrons. The van der Waals surface area contributed by atoms with Crippen molar-refractivity contribution in [3.05, 3.63) is 87.6 Å². The van der Waals surface area contributed by atoms with Crippen molar-refractivity contribution in [1.29, 1.82) is 0 Å². The van der Waals surface area contributed by atoms with E-state index in [2.05, 4.69) is 15.5 Å². The summed E-state index contributed by atoms with van der Waals surface area (Å²) >= 11 is 7.36. The summed E-state index contributed by atoms with van der Waals surface area (Å²) in [6.45, 7) is -0.285. The number of carbonyl (C=O) groups excluding carboxylic acids is 1. The average Bonchev–Trinajstić information content (AvgIpc) is 3.04. The van der Waals surface area contributed by atoms with Crippen LogP contribution in [-0.4, -0.2) is 25.3 Å². The second kappa shape index (κ2) is 8.68. The molecule has 0 aliphatic heterocycles. The van der Waals surface area contributed by atoms with Crippen molar-refractivity contribution >= 4 is 40.6 Å². The molecule has 30 heavy (non-hydrogen) atoms. The number of anilines is 1. The lowest BCUT2D eigenvalue weighted by atomic mass is 10.2. The van der Waals surface area contributed by atoms with E-state index in [4.69, 9.17) is 11.6 Å². The van der Waals surface area contributed by atoms with E-state index in [1.807, 2.05) is 24.3 Å². The second-order valence-electron chi connectivity index (χ2n) is 6.35. The van der Waals surface area contributed by atoms with Crippen LogP contribution in [0.4, 0.5) is 10.1 Å². The van der Waals surface area contributed by atoms with Crippen LogP contribution in [0.1, 0.15) is 5.56 Å². The molecule has 0 unspecified atom stereocenters. The fourth-order valence-electron chi connectivity index (χ4n) is 2.68. The number of hydrogen-bond donors (Lipinski definition) is 1. The molecule has 7 nitrogen and oxygen atoms in total. The van der Waals surface area contributed by atoms with Crippen LogP contribution < -0.4 is 11.0 Å². The van der Waals surface area contributed by atoms with Gasteiger partial charge in [-0.1, -0.05) is 35.5 Å². The average molecular weight is 444 g/mol. The van der Waals surface area contributed by atoms with E-state index in [1.54, 1.807) is 12.1 Å². The lowest BCUT2D eigenvalue weighted by Gasteiger charge is -2.04. The van der Waals surface area contributed by atoms with Gasteiger partial charge in [0.25, 0.3) is 0 Å². The predicted molar refractivity (Wildman–Crippen MR) is 113 cm³/mol. The Morgan fingerprint density at radius 1 is 1.03 bits per heavy atom. The van der Waals surface area contributed by atoms with Gasteiger partial charge >= 0.3 is 5.69 Å². The molecule has 0 saturated heterocycles. The number of benzene rings is 2. The molecule has 1 N–H and O–H groups in total. The maximum absolute atomic E-state index is 13.0. The smallest absolute Gasteiger partial charge is 0.324 e. The highest BCUT2D eigenvalue weighted by Crippen LogP contribution is 2.21. The molecule has 10 heteroatoms. The lowest BCUT2D eigenvalue weighted by molar-refractivity contribution is -0.117. The summed E-state index contributed by atoms with van der Waals surface area (Å²) in [5.41, 5.74) is 1.32. The third kappa shape index (κ3) is 4.69. The highest BCUT2D eigenvalue weighted by molar-refractivity contribution is 7.98. The minimum atomic E-state index is -0.520. The highest BCUT2D eigenvalue weighted by Gasteiger charge is 2.13. The van der Waals surface area contributed by atoms with E-state index in [1.165, 1.54) is 36.0 Å². The predicted octanol–water partition coefficient (Wildman–Crippen LogP) is 3.61. The van der Waals surface area contributed by atoms with Crippen molar-refractivity contribution < 1.29 is 9.18 Å². The van der Waals surface area contributed by atoms with Gasteiger partial charge in [-0.05, 0) is 54.1 Å². The van der Waals surface area contributed by atoms with Crippen LogP contribution in [0.2, 0.25) is 5.02 Å². The van der Waals surface area contributed by atoms with E-state index < -0.39 is 17.4 Å². The van der Waals surface area contributed by atoms with Crippen molar-refractivity contribution in [2.24, 2.45) is 0 Å². The molecule has 0 radical (unpaired) electrons. The van der Waals surface area contributed by atoms with Gasteiger partial charge in [-0.3, -0.25) is 4.79 Å². The number of thioether (sulfide) groups is 1. The molecule has 2 aromatic heterocycles. The van der Waals surface area contributed by atoms with Gasteiger partial charge in [-0.25, -0.2) is 13.9 Å².